The quantitative estimate of drug-likeness (QED) is 0.603. The standard InChI is InChI=1S/C15H17F2NO2.C7H11F2N.CH4O.CH4/c1-14-10-18(8-7-12(14)15(14,16)17)13(19)20-9-11-5-3-2-4-6-11;1-6-4-10-3-2-5(6)7(6,8)9;1-2;/h2-6,12H,7-10H2,1H3;5,10H,2-4H2,1H3;2H,1H3;1H4. The zero-order valence-electron chi connectivity index (χ0n) is 18.7. The molecular formula is C24H36F4N2O3. The Morgan fingerprint density at radius 1 is 1.06 bits per heavy atom. The number of halogens is 4. The fourth-order valence-electron chi connectivity index (χ4n) is 5.13. The van der Waals surface area contributed by atoms with Crippen molar-refractivity contribution in [2.75, 3.05) is 33.3 Å². The molecule has 2 aliphatic carbocycles. The van der Waals surface area contributed by atoms with Crippen LogP contribution in [0.3, 0.4) is 0 Å². The molecule has 4 atom stereocenters. The molecule has 2 aliphatic heterocycles. The highest BCUT2D eigenvalue weighted by atomic mass is 19.3. The van der Waals surface area contributed by atoms with Crippen LogP contribution in [-0.2, 0) is 11.3 Å². The molecule has 5 nitrogen and oxygen atoms in total. The number of aliphatic hydroxyl groups excluding tert-OH is 1. The number of benzene rings is 1. The first-order valence-corrected chi connectivity index (χ1v) is 10.9. The summed E-state index contributed by atoms with van der Waals surface area (Å²) in [5, 5.41) is 9.99. The zero-order valence-corrected chi connectivity index (χ0v) is 18.7. The van der Waals surface area contributed by atoms with Crippen molar-refractivity contribution in [3.05, 3.63) is 35.9 Å². The van der Waals surface area contributed by atoms with E-state index >= 15 is 0 Å². The Labute approximate surface area is 193 Å². The SMILES string of the molecule is C.CC12CN(C(=O)OCc3ccccc3)CCC1C2(F)F.CC12CNCCC1C2(F)F.CO. The van der Waals surface area contributed by atoms with Gasteiger partial charge in [0, 0.05) is 38.6 Å². The predicted octanol–water partition coefficient (Wildman–Crippen LogP) is 4.80. The second-order valence-electron chi connectivity index (χ2n) is 9.40. The molecule has 188 valence electrons. The van der Waals surface area contributed by atoms with E-state index in [1.54, 1.807) is 13.8 Å². The monoisotopic (exact) mass is 476 g/mol. The lowest BCUT2D eigenvalue weighted by molar-refractivity contribution is 0.0494. The van der Waals surface area contributed by atoms with Gasteiger partial charge in [0.15, 0.2) is 0 Å². The molecule has 2 heterocycles. The van der Waals surface area contributed by atoms with Crippen molar-refractivity contribution in [2.45, 2.75) is 52.6 Å². The highest BCUT2D eigenvalue weighted by Crippen LogP contribution is 2.69. The molecule has 1 amide bonds. The number of nitrogens with zero attached hydrogens (tertiary/aromatic N) is 1. The molecule has 4 aliphatic rings. The molecule has 0 radical (unpaired) electrons. The number of amides is 1. The molecule has 5 rings (SSSR count). The van der Waals surface area contributed by atoms with Crippen LogP contribution >= 0.6 is 0 Å². The minimum atomic E-state index is -2.64. The molecule has 2 saturated carbocycles. The van der Waals surface area contributed by atoms with Crippen LogP contribution in [0.2, 0.25) is 0 Å². The Hall–Kier alpha value is -1.87. The van der Waals surface area contributed by atoms with E-state index in [4.69, 9.17) is 9.84 Å². The van der Waals surface area contributed by atoms with Gasteiger partial charge < -0.3 is 20.1 Å². The van der Waals surface area contributed by atoms with Gasteiger partial charge in [0.1, 0.15) is 6.61 Å². The Bertz CT molecular complexity index is 810. The summed E-state index contributed by atoms with van der Waals surface area (Å²) in [4.78, 5) is 13.4. The van der Waals surface area contributed by atoms with Crippen molar-refractivity contribution in [1.29, 1.82) is 0 Å². The Morgan fingerprint density at radius 2 is 1.64 bits per heavy atom. The predicted molar refractivity (Wildman–Crippen MR) is 118 cm³/mol. The molecular weight excluding hydrogens is 440 g/mol. The third-order valence-corrected chi connectivity index (χ3v) is 7.54. The summed E-state index contributed by atoms with van der Waals surface area (Å²) in [5.74, 6) is -5.92. The highest BCUT2D eigenvalue weighted by molar-refractivity contribution is 5.68. The Kier molecular flexibility index (Phi) is 8.11. The van der Waals surface area contributed by atoms with Crippen molar-refractivity contribution >= 4 is 6.09 Å². The maximum Gasteiger partial charge on any atom is 0.410 e. The molecule has 9 heteroatoms. The van der Waals surface area contributed by atoms with E-state index in [9.17, 15) is 22.4 Å². The third kappa shape index (κ3) is 4.71. The summed E-state index contributed by atoms with van der Waals surface area (Å²) in [6, 6.07) is 9.32. The topological polar surface area (TPSA) is 61.8 Å². The fraction of sp³-hybridized carbons (Fsp3) is 0.708. The lowest BCUT2D eigenvalue weighted by atomic mass is 10.00. The van der Waals surface area contributed by atoms with Gasteiger partial charge in [0.25, 0.3) is 11.8 Å². The highest BCUT2D eigenvalue weighted by Gasteiger charge is 2.79. The number of alkyl halides is 4. The van der Waals surface area contributed by atoms with E-state index in [0.717, 1.165) is 19.2 Å². The van der Waals surface area contributed by atoms with Crippen LogP contribution in [-0.4, -0.2) is 61.2 Å². The number of rotatable bonds is 2. The summed E-state index contributed by atoms with van der Waals surface area (Å²) in [5.41, 5.74) is -0.874. The first-order chi connectivity index (χ1) is 15.0. The van der Waals surface area contributed by atoms with Gasteiger partial charge in [-0.3, -0.25) is 0 Å². The van der Waals surface area contributed by atoms with E-state index < -0.39 is 34.7 Å². The number of likely N-dealkylation sites (tertiary alicyclic amines) is 1. The third-order valence-electron chi connectivity index (χ3n) is 7.54. The normalized spacial score (nSPS) is 33.9. The summed E-state index contributed by atoms with van der Waals surface area (Å²) in [7, 11) is 1.00. The summed E-state index contributed by atoms with van der Waals surface area (Å²) in [6.45, 7) is 5.08. The van der Waals surface area contributed by atoms with E-state index in [-0.39, 0.29) is 26.5 Å². The van der Waals surface area contributed by atoms with Gasteiger partial charge in [0.05, 0.1) is 10.8 Å². The molecule has 2 saturated heterocycles. The van der Waals surface area contributed by atoms with Crippen LogP contribution < -0.4 is 5.32 Å². The summed E-state index contributed by atoms with van der Waals surface area (Å²) < 4.78 is 58.1. The van der Waals surface area contributed by atoms with Gasteiger partial charge in [-0.1, -0.05) is 51.6 Å². The number of aliphatic hydroxyl groups is 1. The zero-order chi connectivity index (χ0) is 23.8. The van der Waals surface area contributed by atoms with Gasteiger partial charge >= 0.3 is 6.09 Å². The summed E-state index contributed by atoms with van der Waals surface area (Å²) >= 11 is 0. The number of hydrogen-bond donors (Lipinski definition) is 2. The van der Waals surface area contributed by atoms with Gasteiger partial charge in [-0.05, 0) is 24.9 Å². The molecule has 0 bridgehead atoms. The molecule has 33 heavy (non-hydrogen) atoms. The van der Waals surface area contributed by atoms with Crippen LogP contribution in [0.25, 0.3) is 0 Å². The van der Waals surface area contributed by atoms with Gasteiger partial charge in [-0.15, -0.1) is 0 Å². The van der Waals surface area contributed by atoms with Crippen molar-refractivity contribution in [3.8, 4) is 0 Å². The maximum absolute atomic E-state index is 13.6. The number of ether oxygens (including phenoxy) is 1. The lowest BCUT2D eigenvalue weighted by Crippen LogP contribution is -2.40. The number of nitrogens with one attached hydrogen (secondary N) is 1. The molecule has 1 aromatic carbocycles. The lowest BCUT2D eigenvalue weighted by Gasteiger charge is -2.28. The number of hydrogen-bond acceptors (Lipinski definition) is 4. The Morgan fingerprint density at radius 3 is 2.15 bits per heavy atom. The number of fused-ring (bicyclic) bond motifs is 2. The number of piperidine rings is 2. The number of carbonyl (C=O) groups excluding carboxylic acids is 1. The first kappa shape index (κ1) is 27.4. The average Bonchev–Trinajstić information content (AvgIpc) is 3.46. The first-order valence-electron chi connectivity index (χ1n) is 10.9. The van der Waals surface area contributed by atoms with Crippen LogP contribution in [0.4, 0.5) is 22.4 Å². The molecule has 4 unspecified atom stereocenters. The molecule has 2 N–H and O–H groups in total. The largest absolute Gasteiger partial charge is 0.445 e. The van der Waals surface area contributed by atoms with Crippen LogP contribution in [0.5, 0.6) is 0 Å². The second kappa shape index (κ2) is 9.78. The fourth-order valence-corrected chi connectivity index (χ4v) is 5.13. The smallest absolute Gasteiger partial charge is 0.410 e. The van der Waals surface area contributed by atoms with Crippen LogP contribution in [0, 0.1) is 22.7 Å². The maximum atomic E-state index is 13.6. The summed E-state index contributed by atoms with van der Waals surface area (Å²) in [6.07, 6.45) is 0.490. The minimum absolute atomic E-state index is 0. The van der Waals surface area contributed by atoms with E-state index in [1.165, 1.54) is 4.90 Å². The van der Waals surface area contributed by atoms with Crippen LogP contribution in [0.1, 0.15) is 39.7 Å². The molecule has 4 fully saturated rings. The van der Waals surface area contributed by atoms with Gasteiger partial charge in [0.2, 0.25) is 0 Å². The van der Waals surface area contributed by atoms with Gasteiger partial charge in [-0.25, -0.2) is 22.4 Å². The van der Waals surface area contributed by atoms with Gasteiger partial charge in [-0.2, -0.15) is 0 Å². The van der Waals surface area contributed by atoms with E-state index in [2.05, 4.69) is 5.32 Å². The molecule has 0 spiro atoms. The van der Waals surface area contributed by atoms with Crippen molar-refractivity contribution in [2.24, 2.45) is 22.7 Å². The second-order valence-corrected chi connectivity index (χ2v) is 9.40. The van der Waals surface area contributed by atoms with Crippen molar-refractivity contribution in [1.82, 2.24) is 10.2 Å². The Balaban J connectivity index is 0.000000250. The minimum Gasteiger partial charge on any atom is -0.445 e. The van der Waals surface area contributed by atoms with Crippen LogP contribution in [0.15, 0.2) is 30.3 Å². The van der Waals surface area contributed by atoms with Crippen molar-refractivity contribution < 1.29 is 32.2 Å². The number of carbonyl (C=O) groups is 1. The van der Waals surface area contributed by atoms with E-state index in [1.807, 2.05) is 30.3 Å². The average molecular weight is 477 g/mol. The molecule has 1 aromatic rings. The van der Waals surface area contributed by atoms with E-state index in [0.29, 0.717) is 25.9 Å². The van der Waals surface area contributed by atoms with Crippen molar-refractivity contribution in [3.63, 3.8) is 0 Å². The molecule has 0 aromatic heterocycles.